The Labute approximate surface area is 110 Å². The van der Waals surface area contributed by atoms with E-state index in [0.29, 0.717) is 5.92 Å². The molecule has 3 N–H and O–H groups in total. The average Bonchev–Trinajstić information content (AvgIpc) is 2.35. The van der Waals surface area contributed by atoms with Crippen molar-refractivity contribution in [3.63, 3.8) is 0 Å². The van der Waals surface area contributed by atoms with Crippen LogP contribution in [-0.2, 0) is 4.79 Å². The number of carbonyl (C=O) groups is 1. The van der Waals surface area contributed by atoms with Gasteiger partial charge in [0.15, 0.2) is 0 Å². The monoisotopic (exact) mass is 256 g/mol. The molecule has 0 aromatic rings. The molecule has 1 aliphatic carbocycles. The lowest BCUT2D eigenvalue weighted by atomic mass is 9.81. The molecular weight excluding hydrogens is 232 g/mol. The van der Waals surface area contributed by atoms with Gasteiger partial charge in [0.25, 0.3) is 0 Å². The summed E-state index contributed by atoms with van der Waals surface area (Å²) in [5.41, 5.74) is 5.45. The lowest BCUT2D eigenvalue weighted by molar-refractivity contribution is -0.122. The quantitative estimate of drug-likeness (QED) is 0.742. The van der Waals surface area contributed by atoms with Crippen LogP contribution in [0.5, 0.6) is 0 Å². The molecule has 1 aliphatic rings. The van der Waals surface area contributed by atoms with Gasteiger partial charge >= 0.3 is 0 Å². The van der Waals surface area contributed by atoms with E-state index in [2.05, 4.69) is 12.2 Å². The average molecular weight is 256 g/mol. The highest BCUT2D eigenvalue weighted by Crippen LogP contribution is 2.30. The van der Waals surface area contributed by atoms with Crippen molar-refractivity contribution < 1.29 is 4.79 Å². The molecule has 0 saturated heterocycles. The van der Waals surface area contributed by atoms with Gasteiger partial charge in [-0.25, -0.2) is 0 Å². The fourth-order valence-corrected chi connectivity index (χ4v) is 2.48. The second kappa shape index (κ2) is 6.94. The lowest BCUT2D eigenvalue weighted by Gasteiger charge is -2.28. The predicted octanol–water partition coefficient (Wildman–Crippen LogP) is 2.24. The van der Waals surface area contributed by atoms with Crippen molar-refractivity contribution in [3.8, 4) is 0 Å². The summed E-state index contributed by atoms with van der Waals surface area (Å²) >= 11 is 4.81. The minimum Gasteiger partial charge on any atom is -0.393 e. The molecule has 1 rings (SSSR count). The highest BCUT2D eigenvalue weighted by molar-refractivity contribution is 7.80. The second-order valence-electron chi connectivity index (χ2n) is 5.16. The predicted molar refractivity (Wildman–Crippen MR) is 74.7 cm³/mol. The van der Waals surface area contributed by atoms with Crippen LogP contribution in [0.3, 0.4) is 0 Å². The first-order valence-corrected chi connectivity index (χ1v) is 7.02. The first-order valence-electron chi connectivity index (χ1n) is 6.61. The number of nitrogens with one attached hydrogen (secondary N) is 1. The first kappa shape index (κ1) is 14.4. The van der Waals surface area contributed by atoms with Crippen molar-refractivity contribution in [2.24, 2.45) is 23.5 Å². The van der Waals surface area contributed by atoms with E-state index in [1.807, 2.05) is 0 Å². The van der Waals surface area contributed by atoms with Crippen LogP contribution in [0.15, 0.2) is 0 Å². The van der Waals surface area contributed by atoms with Crippen molar-refractivity contribution in [1.82, 2.24) is 5.32 Å². The molecule has 1 unspecified atom stereocenters. The maximum absolute atomic E-state index is 11.7. The Morgan fingerprint density at radius 3 is 2.35 bits per heavy atom. The lowest BCUT2D eigenvalue weighted by Crippen LogP contribution is -2.39. The van der Waals surface area contributed by atoms with E-state index in [9.17, 15) is 4.79 Å². The van der Waals surface area contributed by atoms with E-state index in [0.717, 1.165) is 12.5 Å². The van der Waals surface area contributed by atoms with Crippen LogP contribution >= 0.6 is 12.2 Å². The molecule has 17 heavy (non-hydrogen) atoms. The fourth-order valence-electron chi connectivity index (χ4n) is 2.37. The summed E-state index contributed by atoms with van der Waals surface area (Å²) in [5, 5.41) is 2.96. The maximum atomic E-state index is 11.7. The van der Waals surface area contributed by atoms with Gasteiger partial charge in [-0.2, -0.15) is 0 Å². The van der Waals surface area contributed by atoms with Gasteiger partial charge in [-0.3, -0.25) is 4.79 Å². The molecule has 4 heteroatoms. The Kier molecular flexibility index (Phi) is 5.89. The van der Waals surface area contributed by atoms with Crippen molar-refractivity contribution in [2.45, 2.75) is 46.0 Å². The summed E-state index contributed by atoms with van der Waals surface area (Å²) in [7, 11) is 0. The van der Waals surface area contributed by atoms with Gasteiger partial charge in [0.2, 0.25) is 5.91 Å². The Balaban J connectivity index is 2.23. The maximum Gasteiger partial charge on any atom is 0.229 e. The summed E-state index contributed by atoms with van der Waals surface area (Å²) in [6, 6.07) is 0. The standard InChI is InChI=1S/C13H24N2OS/c1-3-10-4-6-11(7-5-10)8-15-13(16)9(2)12(14)17/h9-11H,3-8H2,1-2H3,(H2,14,17)(H,15,16). The molecule has 1 amide bonds. The van der Waals surface area contributed by atoms with E-state index in [4.69, 9.17) is 18.0 Å². The van der Waals surface area contributed by atoms with Gasteiger partial charge in [0.05, 0.1) is 10.9 Å². The zero-order chi connectivity index (χ0) is 12.8. The Bertz CT molecular complexity index is 273. The van der Waals surface area contributed by atoms with Crippen molar-refractivity contribution in [3.05, 3.63) is 0 Å². The van der Waals surface area contributed by atoms with E-state index in [1.54, 1.807) is 6.92 Å². The highest BCUT2D eigenvalue weighted by Gasteiger charge is 2.21. The minimum absolute atomic E-state index is 0.0323. The van der Waals surface area contributed by atoms with Gasteiger partial charge < -0.3 is 11.1 Å². The topological polar surface area (TPSA) is 55.1 Å². The number of nitrogens with two attached hydrogens (primary N) is 1. The van der Waals surface area contributed by atoms with Crippen LogP contribution in [0.4, 0.5) is 0 Å². The normalized spacial score (nSPS) is 26.2. The van der Waals surface area contributed by atoms with Crippen LogP contribution < -0.4 is 11.1 Å². The number of hydrogen-bond donors (Lipinski definition) is 2. The van der Waals surface area contributed by atoms with E-state index >= 15 is 0 Å². The van der Waals surface area contributed by atoms with E-state index in [-0.39, 0.29) is 16.8 Å². The van der Waals surface area contributed by atoms with Gasteiger partial charge in [0, 0.05) is 6.54 Å². The molecule has 0 aliphatic heterocycles. The summed E-state index contributed by atoms with van der Waals surface area (Å²) in [5.74, 6) is 1.16. The summed E-state index contributed by atoms with van der Waals surface area (Å²) < 4.78 is 0. The third-order valence-electron chi connectivity index (χ3n) is 3.93. The molecular formula is C13H24N2OS. The molecule has 0 aromatic carbocycles. The van der Waals surface area contributed by atoms with Gasteiger partial charge in [-0.1, -0.05) is 38.4 Å². The second-order valence-corrected chi connectivity index (χ2v) is 5.64. The Hall–Kier alpha value is -0.640. The molecule has 0 aromatic heterocycles. The largest absolute Gasteiger partial charge is 0.393 e. The molecule has 0 radical (unpaired) electrons. The van der Waals surface area contributed by atoms with Crippen LogP contribution in [0.25, 0.3) is 0 Å². The van der Waals surface area contributed by atoms with Crippen LogP contribution in [0.1, 0.15) is 46.0 Å². The van der Waals surface area contributed by atoms with Crippen molar-refractivity contribution in [1.29, 1.82) is 0 Å². The number of amides is 1. The molecule has 0 spiro atoms. The third-order valence-corrected chi connectivity index (χ3v) is 4.28. The van der Waals surface area contributed by atoms with Gasteiger partial charge in [0.1, 0.15) is 0 Å². The number of hydrogen-bond acceptors (Lipinski definition) is 2. The van der Waals surface area contributed by atoms with Crippen molar-refractivity contribution in [2.75, 3.05) is 6.54 Å². The molecule has 0 heterocycles. The summed E-state index contributed by atoms with van der Waals surface area (Å²) in [4.78, 5) is 11.9. The number of rotatable bonds is 5. The Morgan fingerprint density at radius 1 is 1.35 bits per heavy atom. The number of carbonyl (C=O) groups excluding carboxylic acids is 1. The van der Waals surface area contributed by atoms with E-state index in [1.165, 1.54) is 32.1 Å². The summed E-state index contributed by atoms with van der Waals surface area (Å²) in [6.07, 6.45) is 6.38. The smallest absolute Gasteiger partial charge is 0.229 e. The first-order chi connectivity index (χ1) is 8.04. The molecule has 98 valence electrons. The highest BCUT2D eigenvalue weighted by atomic mass is 32.1. The Morgan fingerprint density at radius 2 is 1.88 bits per heavy atom. The van der Waals surface area contributed by atoms with E-state index < -0.39 is 0 Å². The molecule has 0 bridgehead atoms. The molecule has 1 saturated carbocycles. The summed E-state index contributed by atoms with van der Waals surface area (Å²) in [6.45, 7) is 4.80. The molecule has 3 nitrogen and oxygen atoms in total. The minimum atomic E-state index is -0.350. The zero-order valence-corrected chi connectivity index (χ0v) is 11.7. The molecule has 1 atom stereocenters. The zero-order valence-electron chi connectivity index (χ0n) is 10.9. The van der Waals surface area contributed by atoms with Crippen LogP contribution in [0, 0.1) is 17.8 Å². The van der Waals surface area contributed by atoms with Gasteiger partial charge in [-0.15, -0.1) is 0 Å². The number of thiocarbonyl (C=S) groups is 1. The van der Waals surface area contributed by atoms with Crippen LogP contribution in [-0.4, -0.2) is 17.4 Å². The van der Waals surface area contributed by atoms with Crippen LogP contribution in [0.2, 0.25) is 0 Å². The van der Waals surface area contributed by atoms with Gasteiger partial charge in [-0.05, 0) is 31.6 Å². The van der Waals surface area contributed by atoms with Crippen molar-refractivity contribution >= 4 is 23.1 Å². The SMILES string of the molecule is CCC1CCC(CNC(=O)C(C)C(N)=S)CC1. The fraction of sp³-hybridized carbons (Fsp3) is 0.846. The molecule has 1 fully saturated rings. The third kappa shape index (κ3) is 4.62.